The predicted molar refractivity (Wildman–Crippen MR) is 120 cm³/mol. The Labute approximate surface area is 194 Å². The standard InChI is InChI=1S/C21H19F3N4O3S2/c1-10(16(29)26-19(25)31)32-20-27-17-15(11-6-2-5-9-14(11)33-17)18(30)28(20)13-8-4-3-7-12(13)21(22,23)24/h3-4,7-8,10H,2,5-6,9H2,1H3,(H3,25,26,29,31). The van der Waals surface area contributed by atoms with Gasteiger partial charge in [0, 0.05) is 4.88 Å². The molecule has 12 heteroatoms. The Morgan fingerprint density at radius 3 is 2.64 bits per heavy atom. The topological polar surface area (TPSA) is 107 Å². The van der Waals surface area contributed by atoms with Crippen LogP contribution in [0.2, 0.25) is 0 Å². The molecule has 3 amide bonds. The average Bonchev–Trinajstić information content (AvgIpc) is 3.11. The smallest absolute Gasteiger partial charge is 0.351 e. The number of nitrogens with one attached hydrogen (secondary N) is 1. The van der Waals surface area contributed by atoms with Gasteiger partial charge in [-0.2, -0.15) is 13.2 Å². The highest BCUT2D eigenvalue weighted by atomic mass is 32.2. The highest BCUT2D eigenvalue weighted by Crippen LogP contribution is 2.38. The van der Waals surface area contributed by atoms with E-state index in [1.807, 2.05) is 5.32 Å². The zero-order valence-electron chi connectivity index (χ0n) is 17.4. The third-order valence-corrected chi connectivity index (χ3v) is 7.54. The summed E-state index contributed by atoms with van der Waals surface area (Å²) in [7, 11) is 0. The monoisotopic (exact) mass is 496 g/mol. The van der Waals surface area contributed by atoms with Crippen molar-refractivity contribution in [1.82, 2.24) is 14.9 Å². The van der Waals surface area contributed by atoms with Crippen molar-refractivity contribution in [3.05, 3.63) is 50.6 Å². The Morgan fingerprint density at radius 1 is 1.24 bits per heavy atom. The second-order valence-corrected chi connectivity index (χ2v) is 9.95. The molecule has 2 aromatic heterocycles. The van der Waals surface area contributed by atoms with Crippen LogP contribution in [-0.2, 0) is 23.8 Å². The molecule has 0 saturated carbocycles. The van der Waals surface area contributed by atoms with E-state index in [0.29, 0.717) is 16.6 Å². The quantitative estimate of drug-likeness (QED) is 0.419. The minimum absolute atomic E-state index is 0.0742. The zero-order valence-corrected chi connectivity index (χ0v) is 19.0. The summed E-state index contributed by atoms with van der Waals surface area (Å²) < 4.78 is 42.3. The second-order valence-electron chi connectivity index (χ2n) is 7.55. The maximum Gasteiger partial charge on any atom is 0.418 e. The van der Waals surface area contributed by atoms with Gasteiger partial charge in [0.05, 0.1) is 21.9 Å². The van der Waals surface area contributed by atoms with Crippen molar-refractivity contribution in [3.8, 4) is 5.69 Å². The fourth-order valence-electron chi connectivity index (χ4n) is 3.82. The van der Waals surface area contributed by atoms with Gasteiger partial charge in [0.25, 0.3) is 5.56 Å². The summed E-state index contributed by atoms with van der Waals surface area (Å²) in [5.74, 6) is -0.747. The van der Waals surface area contributed by atoms with Gasteiger partial charge < -0.3 is 5.73 Å². The molecular formula is C21H19F3N4O3S2. The third kappa shape index (κ3) is 4.49. The van der Waals surface area contributed by atoms with Crippen LogP contribution in [0, 0.1) is 0 Å². The number of nitrogens with two attached hydrogens (primary N) is 1. The van der Waals surface area contributed by atoms with Crippen molar-refractivity contribution in [2.45, 2.75) is 49.2 Å². The molecule has 1 atom stereocenters. The number of fused-ring (bicyclic) bond motifs is 3. The molecule has 1 aliphatic carbocycles. The van der Waals surface area contributed by atoms with Crippen molar-refractivity contribution < 1.29 is 22.8 Å². The number of aryl methyl sites for hydroxylation is 2. The number of benzene rings is 1. The summed E-state index contributed by atoms with van der Waals surface area (Å²) in [4.78, 5) is 42.9. The number of halogens is 3. The highest BCUT2D eigenvalue weighted by Gasteiger charge is 2.35. The van der Waals surface area contributed by atoms with Gasteiger partial charge in [0.1, 0.15) is 4.83 Å². The number of amides is 3. The highest BCUT2D eigenvalue weighted by molar-refractivity contribution is 8.00. The number of carbonyl (C=O) groups excluding carboxylic acids is 2. The number of nitrogens with zero attached hydrogens (tertiary/aromatic N) is 2. The molecule has 0 radical (unpaired) electrons. The number of urea groups is 1. The number of imide groups is 1. The average molecular weight is 497 g/mol. The molecule has 33 heavy (non-hydrogen) atoms. The fourth-order valence-corrected chi connectivity index (χ4v) is 6.04. The first kappa shape index (κ1) is 23.3. The van der Waals surface area contributed by atoms with E-state index in [1.54, 1.807) is 0 Å². The van der Waals surface area contributed by atoms with Crippen molar-refractivity contribution in [3.63, 3.8) is 0 Å². The van der Waals surface area contributed by atoms with Crippen LogP contribution in [0.25, 0.3) is 15.9 Å². The Morgan fingerprint density at radius 2 is 1.94 bits per heavy atom. The first-order valence-electron chi connectivity index (χ1n) is 10.1. The number of aromatic nitrogens is 2. The number of hydrogen-bond acceptors (Lipinski definition) is 6. The first-order chi connectivity index (χ1) is 15.6. The Balaban J connectivity index is 1.96. The Kier molecular flexibility index (Phi) is 6.23. The molecular weight excluding hydrogens is 477 g/mol. The molecule has 0 bridgehead atoms. The van der Waals surface area contributed by atoms with Crippen LogP contribution >= 0.6 is 23.1 Å². The number of hydrogen-bond donors (Lipinski definition) is 2. The molecule has 174 valence electrons. The van der Waals surface area contributed by atoms with Crippen LogP contribution in [0.1, 0.15) is 35.8 Å². The molecule has 3 N–H and O–H groups in total. The molecule has 4 rings (SSSR count). The number of carbonyl (C=O) groups is 2. The lowest BCUT2D eigenvalue weighted by Crippen LogP contribution is -2.39. The van der Waals surface area contributed by atoms with Gasteiger partial charge in [-0.1, -0.05) is 23.9 Å². The van der Waals surface area contributed by atoms with Gasteiger partial charge in [0.15, 0.2) is 5.16 Å². The van der Waals surface area contributed by atoms with Crippen molar-refractivity contribution in [2.24, 2.45) is 5.73 Å². The molecule has 2 heterocycles. The fraction of sp³-hybridized carbons (Fsp3) is 0.333. The van der Waals surface area contributed by atoms with Gasteiger partial charge in [-0.3, -0.25) is 19.5 Å². The number of thioether (sulfide) groups is 1. The predicted octanol–water partition coefficient (Wildman–Crippen LogP) is 4.02. The van der Waals surface area contributed by atoms with E-state index in [0.717, 1.165) is 52.1 Å². The van der Waals surface area contributed by atoms with Crippen LogP contribution in [-0.4, -0.2) is 26.7 Å². The summed E-state index contributed by atoms with van der Waals surface area (Å²) in [5.41, 5.74) is 3.86. The zero-order chi connectivity index (χ0) is 23.9. The molecule has 0 spiro atoms. The number of rotatable bonds is 4. The number of thiophene rings is 1. The molecule has 1 aliphatic rings. The molecule has 0 fully saturated rings. The van der Waals surface area contributed by atoms with E-state index >= 15 is 0 Å². The van der Waals surface area contributed by atoms with Gasteiger partial charge in [0.2, 0.25) is 5.91 Å². The second kappa shape index (κ2) is 8.82. The van der Waals surface area contributed by atoms with Crippen molar-refractivity contribution in [1.29, 1.82) is 0 Å². The van der Waals surface area contributed by atoms with Gasteiger partial charge in [-0.15, -0.1) is 11.3 Å². The molecule has 0 aliphatic heterocycles. The Bertz CT molecular complexity index is 1320. The van der Waals surface area contributed by atoms with Crippen LogP contribution < -0.4 is 16.6 Å². The first-order valence-corrected chi connectivity index (χ1v) is 11.8. The molecule has 7 nitrogen and oxygen atoms in total. The normalized spacial score (nSPS) is 14.7. The maximum atomic E-state index is 13.8. The molecule has 1 unspecified atom stereocenters. The lowest BCUT2D eigenvalue weighted by molar-refractivity contribution is -0.137. The van der Waals surface area contributed by atoms with E-state index < -0.39 is 34.5 Å². The van der Waals surface area contributed by atoms with E-state index in [2.05, 4.69) is 4.98 Å². The SMILES string of the molecule is CC(Sc1nc2sc3c(c2c(=O)n1-c1ccccc1C(F)(F)F)CCCC3)C(=O)NC(N)=O. The molecule has 1 aromatic carbocycles. The van der Waals surface area contributed by atoms with E-state index in [1.165, 1.54) is 36.5 Å². The summed E-state index contributed by atoms with van der Waals surface area (Å²) >= 11 is 2.13. The van der Waals surface area contributed by atoms with Gasteiger partial charge >= 0.3 is 12.2 Å². The van der Waals surface area contributed by atoms with Crippen LogP contribution in [0.4, 0.5) is 18.0 Å². The summed E-state index contributed by atoms with van der Waals surface area (Å²) in [6.45, 7) is 1.44. The van der Waals surface area contributed by atoms with Crippen molar-refractivity contribution in [2.75, 3.05) is 0 Å². The summed E-state index contributed by atoms with van der Waals surface area (Å²) in [5, 5.41) is 1.23. The number of alkyl halides is 3. The van der Waals surface area contributed by atoms with E-state index in [4.69, 9.17) is 5.73 Å². The lowest BCUT2D eigenvalue weighted by Gasteiger charge is -2.19. The molecule has 0 saturated heterocycles. The number of primary amides is 1. The number of para-hydroxylation sites is 1. The van der Waals surface area contributed by atoms with E-state index in [9.17, 15) is 27.6 Å². The minimum Gasteiger partial charge on any atom is -0.351 e. The van der Waals surface area contributed by atoms with E-state index in [-0.39, 0.29) is 10.8 Å². The maximum absolute atomic E-state index is 13.8. The van der Waals surface area contributed by atoms with Crippen LogP contribution in [0.5, 0.6) is 0 Å². The summed E-state index contributed by atoms with van der Waals surface area (Å²) in [6, 6.07) is 3.69. The third-order valence-electron chi connectivity index (χ3n) is 5.31. The van der Waals surface area contributed by atoms with Crippen molar-refractivity contribution >= 4 is 45.3 Å². The summed E-state index contributed by atoms with van der Waals surface area (Å²) in [6.07, 6.45) is -1.41. The van der Waals surface area contributed by atoms with Gasteiger partial charge in [-0.25, -0.2) is 9.78 Å². The lowest BCUT2D eigenvalue weighted by atomic mass is 9.97. The molecule has 3 aromatic rings. The van der Waals surface area contributed by atoms with Crippen LogP contribution in [0.3, 0.4) is 0 Å². The minimum atomic E-state index is -4.71. The van der Waals surface area contributed by atoms with Gasteiger partial charge in [-0.05, 0) is 50.3 Å². The largest absolute Gasteiger partial charge is 0.418 e. The Hall–Kier alpha value is -2.86. The van der Waals surface area contributed by atoms with Crippen LogP contribution in [0.15, 0.2) is 34.2 Å².